The van der Waals surface area contributed by atoms with E-state index in [1.54, 1.807) is 18.2 Å². The smallest absolute Gasteiger partial charge is 0.238 e. The Bertz CT molecular complexity index is 1570. The Morgan fingerprint density at radius 3 is 2.54 bits per heavy atom. The van der Waals surface area contributed by atoms with Gasteiger partial charge in [-0.1, -0.05) is 12.1 Å². The minimum atomic E-state index is -3.68. The Kier molecular flexibility index (Phi) is 8.94. The molecule has 1 fully saturated rings. The summed E-state index contributed by atoms with van der Waals surface area (Å²) in [6.07, 6.45) is 6.04. The molecule has 1 aromatic heterocycles. The number of hydrogen-bond acceptors (Lipinski definition) is 9. The first-order chi connectivity index (χ1) is 19.7. The van der Waals surface area contributed by atoms with Crippen LogP contribution < -0.4 is 15.2 Å². The van der Waals surface area contributed by atoms with Crippen molar-refractivity contribution in [3.05, 3.63) is 76.0 Å². The van der Waals surface area contributed by atoms with Crippen LogP contribution in [0.4, 0.5) is 5.95 Å². The first-order valence-corrected chi connectivity index (χ1v) is 16.3. The van der Waals surface area contributed by atoms with E-state index < -0.39 is 10.0 Å². The van der Waals surface area contributed by atoms with Crippen molar-refractivity contribution >= 4 is 33.8 Å². The minimum Gasteiger partial charge on any atom is -0.438 e. The summed E-state index contributed by atoms with van der Waals surface area (Å²) in [6, 6.07) is 13.1. The van der Waals surface area contributed by atoms with Crippen molar-refractivity contribution in [2.24, 2.45) is 5.14 Å². The lowest BCUT2D eigenvalue weighted by molar-refractivity contribution is 0.211. The topological polar surface area (TPSA) is 134 Å². The van der Waals surface area contributed by atoms with Crippen LogP contribution in [0.2, 0.25) is 0 Å². The molecule has 9 nitrogen and oxygen atoms in total. The summed E-state index contributed by atoms with van der Waals surface area (Å²) in [5.41, 5.74) is 6.09. The van der Waals surface area contributed by atoms with E-state index in [1.807, 2.05) is 55.9 Å². The molecule has 0 bridgehead atoms. The maximum atomic E-state index is 11.5. The lowest BCUT2D eigenvalue weighted by atomic mass is 10.0. The van der Waals surface area contributed by atoms with E-state index in [0.29, 0.717) is 11.8 Å². The quantitative estimate of drug-likeness (QED) is 0.350. The summed E-state index contributed by atoms with van der Waals surface area (Å²) in [4.78, 5) is 12.2. The van der Waals surface area contributed by atoms with Crippen molar-refractivity contribution in [3.63, 3.8) is 0 Å². The lowest BCUT2D eigenvalue weighted by Gasteiger charge is -2.32. The Hall–Kier alpha value is -3.43. The van der Waals surface area contributed by atoms with Crippen LogP contribution in [0.3, 0.4) is 0 Å². The molecule has 41 heavy (non-hydrogen) atoms. The first-order valence-electron chi connectivity index (χ1n) is 13.6. The van der Waals surface area contributed by atoms with E-state index in [9.17, 15) is 8.42 Å². The fourth-order valence-electron chi connectivity index (χ4n) is 5.28. The van der Waals surface area contributed by atoms with Gasteiger partial charge in [-0.3, -0.25) is 4.90 Å². The van der Waals surface area contributed by atoms with Crippen molar-refractivity contribution in [1.29, 1.82) is 5.26 Å². The Morgan fingerprint density at radius 2 is 1.88 bits per heavy atom. The number of ether oxygens (including phenoxy) is 1. The number of nitrogens with two attached hydrogens (primary N) is 1. The number of likely N-dealkylation sites (tertiary alicyclic amines) is 1. The molecule has 214 valence electrons. The molecule has 0 amide bonds. The average Bonchev–Trinajstić information content (AvgIpc) is 2.94. The van der Waals surface area contributed by atoms with Crippen molar-refractivity contribution in [2.75, 3.05) is 24.2 Å². The van der Waals surface area contributed by atoms with E-state index in [-0.39, 0.29) is 10.9 Å². The maximum absolute atomic E-state index is 11.5. The molecule has 0 aliphatic carbocycles. The summed E-state index contributed by atoms with van der Waals surface area (Å²) >= 11 is 1.86. The zero-order valence-electron chi connectivity index (χ0n) is 23.3. The van der Waals surface area contributed by atoms with Gasteiger partial charge in [-0.25, -0.2) is 18.5 Å². The fourth-order valence-corrected chi connectivity index (χ4v) is 6.77. The van der Waals surface area contributed by atoms with Crippen LogP contribution in [0.25, 0.3) is 6.08 Å². The molecule has 1 saturated heterocycles. The van der Waals surface area contributed by atoms with Crippen LogP contribution >= 0.6 is 11.8 Å². The summed E-state index contributed by atoms with van der Waals surface area (Å²) in [7, 11) is -3.68. The zero-order valence-corrected chi connectivity index (χ0v) is 24.9. The van der Waals surface area contributed by atoms with Crippen molar-refractivity contribution in [1.82, 2.24) is 14.9 Å². The second kappa shape index (κ2) is 12.6. The molecule has 3 heterocycles. The number of nitrogens with one attached hydrogen (secondary N) is 1. The highest BCUT2D eigenvalue weighted by Gasteiger charge is 2.24. The van der Waals surface area contributed by atoms with Crippen molar-refractivity contribution < 1.29 is 13.2 Å². The summed E-state index contributed by atoms with van der Waals surface area (Å²) in [5.74, 6) is 3.84. The van der Waals surface area contributed by atoms with Crippen LogP contribution in [-0.4, -0.2) is 48.2 Å². The number of aryl methyl sites for hydroxylation is 3. The summed E-state index contributed by atoms with van der Waals surface area (Å²) in [6.45, 7) is 6.59. The summed E-state index contributed by atoms with van der Waals surface area (Å²) < 4.78 is 29.5. The second-order valence-corrected chi connectivity index (χ2v) is 13.2. The van der Waals surface area contributed by atoms with E-state index >= 15 is 0 Å². The molecule has 2 aliphatic rings. The van der Waals surface area contributed by atoms with E-state index in [0.717, 1.165) is 89.7 Å². The number of nitrogens with zero attached hydrogens (tertiary/aromatic N) is 4. The summed E-state index contributed by atoms with van der Waals surface area (Å²) in [5, 5.41) is 17.7. The molecule has 3 N–H and O–H groups in total. The van der Waals surface area contributed by atoms with Crippen LogP contribution in [0.1, 0.15) is 46.4 Å². The molecule has 0 unspecified atom stereocenters. The third-order valence-electron chi connectivity index (χ3n) is 7.39. The molecule has 11 heteroatoms. The van der Waals surface area contributed by atoms with Gasteiger partial charge in [-0.15, -0.1) is 0 Å². The molecule has 0 atom stereocenters. The fraction of sp³-hybridized carbons (Fsp3) is 0.367. The van der Waals surface area contributed by atoms with Crippen molar-refractivity contribution in [2.45, 2.75) is 56.3 Å². The van der Waals surface area contributed by atoms with Gasteiger partial charge in [-0.05, 0) is 91.5 Å². The number of anilines is 1. The van der Waals surface area contributed by atoms with Gasteiger partial charge in [0, 0.05) is 43.1 Å². The number of sulfonamides is 1. The van der Waals surface area contributed by atoms with Gasteiger partial charge in [0.2, 0.25) is 21.9 Å². The lowest BCUT2D eigenvalue weighted by Crippen LogP contribution is -2.39. The average molecular weight is 591 g/mol. The molecular weight excluding hydrogens is 557 g/mol. The third-order valence-corrected chi connectivity index (χ3v) is 9.31. The maximum Gasteiger partial charge on any atom is 0.238 e. The van der Waals surface area contributed by atoms with Gasteiger partial charge in [0.05, 0.1) is 16.7 Å². The van der Waals surface area contributed by atoms with Crippen LogP contribution in [-0.2, 0) is 28.7 Å². The number of piperidine rings is 1. The molecule has 2 aliphatic heterocycles. The van der Waals surface area contributed by atoms with Crippen molar-refractivity contribution in [3.8, 4) is 17.7 Å². The Balaban J connectivity index is 1.26. The second-order valence-electron chi connectivity index (χ2n) is 10.5. The van der Waals surface area contributed by atoms with Gasteiger partial charge in [0.15, 0.2) is 0 Å². The third kappa shape index (κ3) is 7.26. The van der Waals surface area contributed by atoms with Gasteiger partial charge in [0.25, 0.3) is 0 Å². The predicted molar refractivity (Wildman–Crippen MR) is 162 cm³/mol. The SMILES string of the molecule is Cc1cc(/C=C/C#N)cc(C)c1Oc1nc(NC2CCN(Cc3ccc(S(N)(=O)=O)cc3)CC2)nc2c1CSCC2. The number of rotatable bonds is 8. The standard InChI is InChI=1S/C30H34N6O3S2/c1-20-16-23(4-3-12-31)17-21(2)28(20)39-29-26-19-40-15-11-27(26)34-30(35-29)33-24-9-13-36(14-10-24)18-22-5-7-25(8-6-22)41(32,37)38/h3-8,16-17,24H,9-11,13-15,18-19H2,1-2H3,(H2,32,37,38)(H,33,34,35)/b4-3+. The molecule has 5 rings (SSSR count). The van der Waals surface area contributed by atoms with E-state index in [4.69, 9.17) is 25.1 Å². The van der Waals surface area contributed by atoms with Gasteiger partial charge >= 0.3 is 0 Å². The number of fused-ring (bicyclic) bond motifs is 1. The van der Waals surface area contributed by atoms with Crippen LogP contribution in [0.5, 0.6) is 11.6 Å². The van der Waals surface area contributed by atoms with E-state index in [2.05, 4.69) is 10.2 Å². The predicted octanol–water partition coefficient (Wildman–Crippen LogP) is 4.94. The monoisotopic (exact) mass is 590 g/mol. The van der Waals surface area contributed by atoms with Crippen LogP contribution in [0, 0.1) is 25.2 Å². The number of primary sulfonamides is 1. The number of allylic oxidation sites excluding steroid dienone is 1. The zero-order chi connectivity index (χ0) is 29.0. The number of benzene rings is 2. The van der Waals surface area contributed by atoms with E-state index in [1.165, 1.54) is 6.08 Å². The number of hydrogen-bond donors (Lipinski definition) is 2. The molecular formula is C30H34N6O3S2. The number of nitriles is 1. The molecule has 3 aromatic rings. The highest BCUT2D eigenvalue weighted by atomic mass is 32.2. The number of thioether (sulfide) groups is 1. The molecule has 0 spiro atoms. The normalized spacial score (nSPS) is 16.3. The van der Waals surface area contributed by atoms with Gasteiger partial charge < -0.3 is 10.1 Å². The molecule has 0 saturated carbocycles. The first kappa shape index (κ1) is 29.1. The number of aromatic nitrogens is 2. The van der Waals surface area contributed by atoms with Gasteiger partial charge in [-0.2, -0.15) is 22.0 Å². The minimum absolute atomic E-state index is 0.131. The highest BCUT2D eigenvalue weighted by molar-refractivity contribution is 7.98. The van der Waals surface area contributed by atoms with Crippen LogP contribution in [0.15, 0.2) is 47.4 Å². The largest absolute Gasteiger partial charge is 0.438 e. The Labute approximate surface area is 245 Å². The van der Waals surface area contributed by atoms with Gasteiger partial charge in [0.1, 0.15) is 5.75 Å². The highest BCUT2D eigenvalue weighted by Crippen LogP contribution is 2.36. The Morgan fingerprint density at radius 1 is 1.17 bits per heavy atom. The molecule has 2 aromatic carbocycles. The molecule has 0 radical (unpaired) electrons.